The third-order valence-corrected chi connectivity index (χ3v) is 3.89. The fraction of sp³-hybridized carbons (Fsp3) is 0.200. The van der Waals surface area contributed by atoms with E-state index in [-0.39, 0.29) is 5.91 Å². The third kappa shape index (κ3) is 4.07. The molecule has 0 aliphatic heterocycles. The smallest absolute Gasteiger partial charge is 0.336 e. The molecule has 1 atom stereocenters. The lowest BCUT2D eigenvalue weighted by atomic mass is 10.2. The second kappa shape index (κ2) is 7.21. The van der Waals surface area contributed by atoms with Crippen molar-refractivity contribution in [3.8, 4) is 5.75 Å². The van der Waals surface area contributed by atoms with E-state index in [1.54, 1.807) is 43.1 Å². The number of carbonyl (C=O) groups is 1. The normalized spacial score (nSPS) is 11.9. The molecule has 0 fully saturated rings. The number of benzene rings is 2. The van der Waals surface area contributed by atoms with Crippen molar-refractivity contribution in [2.45, 2.75) is 19.6 Å². The molecule has 5 nitrogen and oxygen atoms in total. The average molecular weight is 337 g/mol. The van der Waals surface area contributed by atoms with Crippen LogP contribution in [0.3, 0.4) is 0 Å². The van der Waals surface area contributed by atoms with Crippen molar-refractivity contribution < 1.29 is 13.9 Å². The van der Waals surface area contributed by atoms with Crippen LogP contribution in [0, 0.1) is 0 Å². The summed E-state index contributed by atoms with van der Waals surface area (Å²) in [6, 6.07) is 18.0. The van der Waals surface area contributed by atoms with Gasteiger partial charge in [0, 0.05) is 31.1 Å². The summed E-state index contributed by atoms with van der Waals surface area (Å²) >= 11 is 0. The molecule has 3 rings (SSSR count). The summed E-state index contributed by atoms with van der Waals surface area (Å²) in [6.07, 6.45) is -0.651. The van der Waals surface area contributed by atoms with Gasteiger partial charge in [0.1, 0.15) is 11.3 Å². The third-order valence-electron chi connectivity index (χ3n) is 3.89. The van der Waals surface area contributed by atoms with Crippen LogP contribution in [0.4, 0.5) is 0 Å². The maximum atomic E-state index is 12.5. The molecule has 2 aromatic carbocycles. The second-order valence-corrected chi connectivity index (χ2v) is 5.89. The van der Waals surface area contributed by atoms with Crippen LogP contribution in [0.2, 0.25) is 0 Å². The van der Waals surface area contributed by atoms with Gasteiger partial charge in [0.15, 0.2) is 6.10 Å². The molecular weight excluding hydrogens is 318 g/mol. The highest BCUT2D eigenvalue weighted by molar-refractivity contribution is 5.81. The Morgan fingerprint density at radius 3 is 2.60 bits per heavy atom. The van der Waals surface area contributed by atoms with Crippen LogP contribution >= 0.6 is 0 Å². The zero-order chi connectivity index (χ0) is 17.8. The van der Waals surface area contributed by atoms with Crippen LogP contribution in [0.15, 0.2) is 69.9 Å². The molecule has 0 saturated heterocycles. The number of fused-ring (bicyclic) bond motifs is 1. The molecule has 1 amide bonds. The van der Waals surface area contributed by atoms with Crippen LogP contribution < -0.4 is 10.4 Å². The van der Waals surface area contributed by atoms with Crippen molar-refractivity contribution in [3.63, 3.8) is 0 Å². The molecule has 0 unspecified atom stereocenters. The molecule has 5 heteroatoms. The molecule has 3 aromatic rings. The molecule has 0 bridgehead atoms. The Bertz CT molecular complexity index is 933. The van der Waals surface area contributed by atoms with Crippen molar-refractivity contribution >= 4 is 16.9 Å². The van der Waals surface area contributed by atoms with E-state index in [1.807, 2.05) is 30.3 Å². The van der Waals surface area contributed by atoms with Crippen LogP contribution in [-0.4, -0.2) is 24.0 Å². The Labute approximate surface area is 145 Å². The minimum Gasteiger partial charge on any atom is -0.481 e. The zero-order valence-electron chi connectivity index (χ0n) is 14.1. The summed E-state index contributed by atoms with van der Waals surface area (Å²) in [5, 5.41) is 0.798. The Morgan fingerprint density at radius 1 is 1.12 bits per heavy atom. The van der Waals surface area contributed by atoms with E-state index < -0.39 is 11.7 Å². The Morgan fingerprint density at radius 2 is 1.84 bits per heavy atom. The van der Waals surface area contributed by atoms with E-state index in [0.717, 1.165) is 10.9 Å². The number of carbonyl (C=O) groups excluding carboxylic acids is 1. The molecule has 0 saturated carbocycles. The average Bonchev–Trinajstić information content (AvgIpc) is 2.61. The second-order valence-electron chi connectivity index (χ2n) is 5.89. The van der Waals surface area contributed by atoms with E-state index >= 15 is 0 Å². The highest BCUT2D eigenvalue weighted by Gasteiger charge is 2.19. The van der Waals surface area contributed by atoms with Gasteiger partial charge in [-0.05, 0) is 30.7 Å². The maximum absolute atomic E-state index is 12.5. The number of hydrogen-bond acceptors (Lipinski definition) is 4. The summed E-state index contributed by atoms with van der Waals surface area (Å²) in [5.41, 5.74) is 1.07. The zero-order valence-corrected chi connectivity index (χ0v) is 14.1. The number of hydrogen-bond donors (Lipinski definition) is 0. The Kier molecular flexibility index (Phi) is 4.84. The lowest BCUT2D eigenvalue weighted by Gasteiger charge is -2.22. The van der Waals surface area contributed by atoms with Gasteiger partial charge in [0.25, 0.3) is 5.91 Å². The van der Waals surface area contributed by atoms with Gasteiger partial charge < -0.3 is 14.1 Å². The predicted octanol–water partition coefficient (Wildman–Crippen LogP) is 3.22. The molecule has 0 aliphatic carbocycles. The van der Waals surface area contributed by atoms with Gasteiger partial charge in [-0.3, -0.25) is 4.79 Å². The van der Waals surface area contributed by atoms with Gasteiger partial charge in [0.05, 0.1) is 0 Å². The highest BCUT2D eigenvalue weighted by atomic mass is 16.5. The maximum Gasteiger partial charge on any atom is 0.336 e. The minimum atomic E-state index is -0.651. The van der Waals surface area contributed by atoms with Gasteiger partial charge in [-0.2, -0.15) is 0 Å². The molecule has 0 N–H and O–H groups in total. The van der Waals surface area contributed by atoms with Crippen LogP contribution in [0.25, 0.3) is 11.0 Å². The van der Waals surface area contributed by atoms with Crippen molar-refractivity contribution in [1.82, 2.24) is 4.90 Å². The first-order chi connectivity index (χ1) is 12.0. The topological polar surface area (TPSA) is 59.8 Å². The molecule has 0 aliphatic rings. The summed E-state index contributed by atoms with van der Waals surface area (Å²) in [4.78, 5) is 25.4. The molecule has 128 valence electrons. The van der Waals surface area contributed by atoms with Gasteiger partial charge >= 0.3 is 5.63 Å². The van der Waals surface area contributed by atoms with Crippen molar-refractivity contribution in [2.75, 3.05) is 7.05 Å². The van der Waals surface area contributed by atoms with Crippen molar-refractivity contribution in [1.29, 1.82) is 0 Å². The summed E-state index contributed by atoms with van der Waals surface area (Å²) in [6.45, 7) is 2.22. The van der Waals surface area contributed by atoms with E-state index in [9.17, 15) is 9.59 Å². The van der Waals surface area contributed by atoms with Crippen LogP contribution in [0.5, 0.6) is 5.75 Å². The first kappa shape index (κ1) is 16.8. The van der Waals surface area contributed by atoms with E-state index in [4.69, 9.17) is 9.15 Å². The van der Waals surface area contributed by atoms with Crippen LogP contribution in [-0.2, 0) is 11.3 Å². The van der Waals surface area contributed by atoms with E-state index in [0.29, 0.717) is 17.9 Å². The molecule has 0 spiro atoms. The molecule has 1 aromatic heterocycles. The fourth-order valence-corrected chi connectivity index (χ4v) is 2.61. The van der Waals surface area contributed by atoms with Crippen molar-refractivity contribution in [3.05, 3.63) is 76.6 Å². The van der Waals surface area contributed by atoms with Gasteiger partial charge in [-0.25, -0.2) is 4.79 Å². The number of ether oxygens (including phenoxy) is 1. The SMILES string of the molecule is C[C@@H](Oc1ccc2ccc(=O)oc2c1)C(=O)N(C)Cc1ccccc1. The van der Waals surface area contributed by atoms with Crippen LogP contribution in [0.1, 0.15) is 12.5 Å². The Hall–Kier alpha value is -3.08. The highest BCUT2D eigenvalue weighted by Crippen LogP contribution is 2.21. The first-order valence-corrected chi connectivity index (χ1v) is 8.02. The van der Waals surface area contributed by atoms with E-state index in [1.165, 1.54) is 6.07 Å². The summed E-state index contributed by atoms with van der Waals surface area (Å²) < 4.78 is 10.9. The molecule has 1 heterocycles. The minimum absolute atomic E-state index is 0.126. The lowest BCUT2D eigenvalue weighted by Crippen LogP contribution is -2.37. The fourth-order valence-electron chi connectivity index (χ4n) is 2.61. The van der Waals surface area contributed by atoms with E-state index in [2.05, 4.69) is 0 Å². The number of amides is 1. The van der Waals surface area contributed by atoms with Gasteiger partial charge in [0.2, 0.25) is 0 Å². The number of rotatable bonds is 5. The first-order valence-electron chi connectivity index (χ1n) is 8.02. The van der Waals surface area contributed by atoms with Gasteiger partial charge in [-0.1, -0.05) is 30.3 Å². The summed E-state index contributed by atoms with van der Waals surface area (Å²) in [5.74, 6) is 0.356. The lowest BCUT2D eigenvalue weighted by molar-refractivity contribution is -0.137. The number of likely N-dealkylation sites (N-methyl/N-ethyl adjacent to an activating group) is 1. The predicted molar refractivity (Wildman–Crippen MR) is 95.5 cm³/mol. The Balaban J connectivity index is 1.69. The molecule has 0 radical (unpaired) electrons. The monoisotopic (exact) mass is 337 g/mol. The molecular formula is C20H19NO4. The quantitative estimate of drug-likeness (QED) is 0.671. The molecule has 25 heavy (non-hydrogen) atoms. The largest absolute Gasteiger partial charge is 0.481 e. The van der Waals surface area contributed by atoms with Crippen molar-refractivity contribution in [2.24, 2.45) is 0 Å². The number of nitrogens with zero attached hydrogens (tertiary/aromatic N) is 1. The van der Waals surface area contributed by atoms with Gasteiger partial charge in [-0.15, -0.1) is 0 Å². The summed E-state index contributed by atoms with van der Waals surface area (Å²) in [7, 11) is 1.74. The standard InChI is InChI=1S/C20H19NO4/c1-14(20(23)21(2)13-15-6-4-3-5-7-15)24-17-10-8-16-9-11-19(22)25-18(16)12-17/h3-12,14H,13H2,1-2H3/t14-/m1/s1.